The lowest BCUT2D eigenvalue weighted by Crippen LogP contribution is -2.60. The van der Waals surface area contributed by atoms with E-state index in [0.717, 1.165) is 48.9 Å². The van der Waals surface area contributed by atoms with Crippen molar-refractivity contribution in [3.63, 3.8) is 0 Å². The van der Waals surface area contributed by atoms with E-state index in [1.807, 2.05) is 0 Å². The molecule has 15 atom stereocenters. The van der Waals surface area contributed by atoms with Crippen molar-refractivity contribution in [2.24, 2.45) is 63.4 Å². The van der Waals surface area contributed by atoms with Gasteiger partial charge >= 0.3 is 0 Å². The average Bonchev–Trinajstić information content (AvgIpc) is 3.32. The van der Waals surface area contributed by atoms with Gasteiger partial charge in [-0.05, 0) is 103 Å². The fourth-order valence-corrected chi connectivity index (χ4v) is 10.6. The number of aliphatic hydroxyl groups is 3. The van der Waals surface area contributed by atoms with Crippen LogP contribution in [0.2, 0.25) is 0 Å². The van der Waals surface area contributed by atoms with Gasteiger partial charge in [-0.25, -0.2) is 0 Å². The molecule has 5 rings (SSSR count). The van der Waals surface area contributed by atoms with Crippen LogP contribution < -0.4 is 0 Å². The zero-order chi connectivity index (χ0) is 30.6. The highest BCUT2D eigenvalue weighted by Gasteiger charge is 2.59. The molecule has 0 aromatic carbocycles. The standard InChI is InChI=1S/C35H59NO6/c1-19(2)20(3)8-9-21(4)24-12-13-26-23-10-11-25-22(5)28(15-17-35(25,7)27(23)14-16-34(24,26)6)41-33-32(39)31(38)30(36-40)29(18-37)42-33/h10,19-22,24-33,37-39H,8-9,11-18H2,1-7H3. The Bertz CT molecular complexity index is 985. The van der Waals surface area contributed by atoms with Crippen LogP contribution in [-0.2, 0) is 9.47 Å². The molecule has 0 aromatic heterocycles. The summed E-state index contributed by atoms with van der Waals surface area (Å²) in [6.07, 6.45) is 8.68. The molecule has 0 bridgehead atoms. The van der Waals surface area contributed by atoms with Gasteiger partial charge < -0.3 is 24.8 Å². The quantitative estimate of drug-likeness (QED) is 0.210. The lowest BCUT2D eigenvalue weighted by atomic mass is 9.46. The molecule has 0 spiro atoms. The van der Waals surface area contributed by atoms with Crippen LogP contribution in [0.25, 0.3) is 0 Å². The van der Waals surface area contributed by atoms with Gasteiger partial charge in [-0.2, -0.15) is 4.91 Å². The van der Waals surface area contributed by atoms with Gasteiger partial charge in [0, 0.05) is 0 Å². The number of nitrogens with zero attached hydrogens (tertiary/aromatic N) is 1. The van der Waals surface area contributed by atoms with Crippen LogP contribution in [0.15, 0.2) is 16.8 Å². The molecule has 42 heavy (non-hydrogen) atoms. The number of rotatable bonds is 9. The molecule has 1 heterocycles. The van der Waals surface area contributed by atoms with Gasteiger partial charge in [-0.1, -0.05) is 78.1 Å². The van der Waals surface area contributed by atoms with Gasteiger partial charge in [0.2, 0.25) is 0 Å². The Morgan fingerprint density at radius 1 is 1.00 bits per heavy atom. The van der Waals surface area contributed by atoms with Crippen molar-refractivity contribution in [1.29, 1.82) is 0 Å². The van der Waals surface area contributed by atoms with Gasteiger partial charge in [-0.15, -0.1) is 0 Å². The van der Waals surface area contributed by atoms with E-state index in [4.69, 9.17) is 9.47 Å². The molecular weight excluding hydrogens is 530 g/mol. The molecule has 7 nitrogen and oxygen atoms in total. The third kappa shape index (κ3) is 5.46. The number of hydrogen-bond acceptors (Lipinski definition) is 7. The fourth-order valence-electron chi connectivity index (χ4n) is 10.6. The van der Waals surface area contributed by atoms with Crippen LogP contribution in [0.1, 0.15) is 106 Å². The fraction of sp³-hybridized carbons (Fsp3) is 0.943. The average molecular weight is 590 g/mol. The van der Waals surface area contributed by atoms with E-state index in [1.54, 1.807) is 5.57 Å². The van der Waals surface area contributed by atoms with Gasteiger partial charge in [0.1, 0.15) is 24.4 Å². The summed E-state index contributed by atoms with van der Waals surface area (Å²) in [4.78, 5) is 11.2. The van der Waals surface area contributed by atoms with Crippen LogP contribution in [0.5, 0.6) is 0 Å². The summed E-state index contributed by atoms with van der Waals surface area (Å²) in [5, 5.41) is 33.7. The SMILES string of the molecule is CC(C)C(C)CCC(C)C1CCC2C3=CCC4C(C)C(OC5OC(CO)C(N=O)C(O)C5O)CCC4(C)C3CCC21C. The zero-order valence-electron chi connectivity index (χ0n) is 27.2. The second kappa shape index (κ2) is 12.5. The summed E-state index contributed by atoms with van der Waals surface area (Å²) in [5.74, 6) is 5.26. The van der Waals surface area contributed by atoms with Gasteiger partial charge in [0.05, 0.1) is 12.7 Å². The molecular formula is C35H59NO6. The molecule has 0 amide bonds. The molecule has 0 radical (unpaired) electrons. The molecule has 0 aromatic rings. The Morgan fingerprint density at radius 2 is 1.69 bits per heavy atom. The second-order valence-corrected chi connectivity index (χ2v) is 16.0. The smallest absolute Gasteiger partial charge is 0.186 e. The zero-order valence-corrected chi connectivity index (χ0v) is 27.2. The minimum atomic E-state index is -1.42. The lowest BCUT2D eigenvalue weighted by molar-refractivity contribution is -0.300. The number of nitroso groups, excluding NO2 is 1. The van der Waals surface area contributed by atoms with E-state index in [9.17, 15) is 20.2 Å². The topological polar surface area (TPSA) is 109 Å². The van der Waals surface area contributed by atoms with Crippen LogP contribution in [0.4, 0.5) is 0 Å². The number of fused-ring (bicyclic) bond motifs is 5. The summed E-state index contributed by atoms with van der Waals surface area (Å²) >= 11 is 0. The van der Waals surface area contributed by atoms with E-state index in [2.05, 4.69) is 59.7 Å². The first-order valence-electron chi connectivity index (χ1n) is 17.2. The van der Waals surface area contributed by atoms with Crippen molar-refractivity contribution in [1.82, 2.24) is 0 Å². The summed E-state index contributed by atoms with van der Waals surface area (Å²) in [6, 6.07) is -1.21. The Balaban J connectivity index is 1.27. The molecule has 5 aliphatic rings. The van der Waals surface area contributed by atoms with Crippen molar-refractivity contribution >= 4 is 0 Å². The first-order chi connectivity index (χ1) is 19.9. The van der Waals surface area contributed by atoms with Crippen molar-refractivity contribution in [3.05, 3.63) is 16.6 Å². The Labute approximate surface area is 254 Å². The predicted octanol–water partition coefficient (Wildman–Crippen LogP) is 6.48. The molecule has 240 valence electrons. The van der Waals surface area contributed by atoms with Crippen molar-refractivity contribution in [2.45, 2.75) is 143 Å². The van der Waals surface area contributed by atoms with Gasteiger partial charge in [0.15, 0.2) is 6.29 Å². The molecule has 7 heteroatoms. The summed E-state index contributed by atoms with van der Waals surface area (Å²) in [5.41, 5.74) is 2.42. The third-order valence-electron chi connectivity index (χ3n) is 13.8. The van der Waals surface area contributed by atoms with E-state index >= 15 is 0 Å². The largest absolute Gasteiger partial charge is 0.394 e. The number of hydrogen-bond donors (Lipinski definition) is 3. The molecule has 3 saturated carbocycles. The van der Waals surface area contributed by atoms with Crippen LogP contribution >= 0.6 is 0 Å². The normalized spacial score (nSPS) is 48.5. The molecule has 15 unspecified atom stereocenters. The Kier molecular flexibility index (Phi) is 9.68. The Hall–Kier alpha value is -0.860. The summed E-state index contributed by atoms with van der Waals surface area (Å²) in [7, 11) is 0. The van der Waals surface area contributed by atoms with E-state index in [-0.39, 0.29) is 17.4 Å². The van der Waals surface area contributed by atoms with Crippen molar-refractivity contribution in [3.8, 4) is 0 Å². The summed E-state index contributed by atoms with van der Waals surface area (Å²) in [6.45, 7) is 16.7. The molecule has 1 aliphatic heterocycles. The maximum Gasteiger partial charge on any atom is 0.186 e. The first kappa shape index (κ1) is 32.5. The highest BCUT2D eigenvalue weighted by molar-refractivity contribution is 5.28. The van der Waals surface area contributed by atoms with Crippen LogP contribution in [-0.4, -0.2) is 58.7 Å². The number of aliphatic hydroxyl groups excluding tert-OH is 3. The van der Waals surface area contributed by atoms with Gasteiger partial charge in [-0.3, -0.25) is 0 Å². The minimum absolute atomic E-state index is 0.122. The first-order valence-corrected chi connectivity index (χ1v) is 17.2. The molecule has 4 fully saturated rings. The lowest BCUT2D eigenvalue weighted by Gasteiger charge is -2.60. The van der Waals surface area contributed by atoms with Crippen LogP contribution in [0, 0.1) is 63.1 Å². The van der Waals surface area contributed by atoms with E-state index in [1.165, 1.54) is 38.5 Å². The monoisotopic (exact) mass is 589 g/mol. The summed E-state index contributed by atoms with van der Waals surface area (Å²) < 4.78 is 12.1. The highest BCUT2D eigenvalue weighted by Crippen LogP contribution is 2.67. The molecule has 3 N–H and O–H groups in total. The third-order valence-corrected chi connectivity index (χ3v) is 13.8. The number of allylic oxidation sites excluding steroid dienone is 2. The predicted molar refractivity (Wildman–Crippen MR) is 164 cm³/mol. The second-order valence-electron chi connectivity index (χ2n) is 16.0. The van der Waals surface area contributed by atoms with Crippen molar-refractivity contribution < 1.29 is 24.8 Å². The highest BCUT2D eigenvalue weighted by atomic mass is 16.7. The maximum absolute atomic E-state index is 11.2. The van der Waals surface area contributed by atoms with Gasteiger partial charge in [0.25, 0.3) is 0 Å². The number of ether oxygens (including phenoxy) is 2. The van der Waals surface area contributed by atoms with E-state index in [0.29, 0.717) is 17.3 Å². The Morgan fingerprint density at radius 3 is 2.36 bits per heavy atom. The minimum Gasteiger partial charge on any atom is -0.394 e. The van der Waals surface area contributed by atoms with E-state index < -0.39 is 37.3 Å². The molecule has 1 saturated heterocycles. The maximum atomic E-state index is 11.2. The molecule has 4 aliphatic carbocycles. The van der Waals surface area contributed by atoms with Crippen molar-refractivity contribution in [2.75, 3.05) is 6.61 Å². The van der Waals surface area contributed by atoms with Crippen LogP contribution in [0.3, 0.4) is 0 Å².